The molecular weight excluding hydrogens is 172 g/mol. The first-order valence-electron chi connectivity index (χ1n) is 4.88. The molecule has 0 saturated carbocycles. The molecule has 0 bridgehead atoms. The third-order valence-corrected chi connectivity index (χ3v) is 1.98. The highest BCUT2D eigenvalue weighted by atomic mass is 19.3. The molecule has 80 valence electrons. The molecule has 3 heteroatoms. The van der Waals surface area contributed by atoms with E-state index < -0.39 is 12.5 Å². The van der Waals surface area contributed by atoms with Gasteiger partial charge in [0.25, 0.3) is 6.43 Å². The Kier molecular flexibility index (Phi) is 5.45. The van der Waals surface area contributed by atoms with E-state index in [4.69, 9.17) is 0 Å². The highest BCUT2D eigenvalue weighted by molar-refractivity contribution is 4.72. The highest BCUT2D eigenvalue weighted by Crippen LogP contribution is 2.23. The molecule has 0 heterocycles. The van der Waals surface area contributed by atoms with Crippen molar-refractivity contribution < 1.29 is 8.78 Å². The maximum atomic E-state index is 12.4. The van der Waals surface area contributed by atoms with Crippen LogP contribution in [0.5, 0.6) is 0 Å². The molecule has 0 rings (SSSR count). The van der Waals surface area contributed by atoms with Gasteiger partial charge in [-0.25, -0.2) is 8.78 Å². The fourth-order valence-corrected chi connectivity index (χ4v) is 1.17. The minimum Gasteiger partial charge on any atom is -0.309 e. The molecule has 0 aliphatic rings. The van der Waals surface area contributed by atoms with Crippen LogP contribution in [0.2, 0.25) is 0 Å². The fourth-order valence-electron chi connectivity index (χ4n) is 1.17. The van der Waals surface area contributed by atoms with Crippen LogP contribution in [0.15, 0.2) is 0 Å². The molecule has 0 aliphatic heterocycles. The van der Waals surface area contributed by atoms with Gasteiger partial charge >= 0.3 is 0 Å². The van der Waals surface area contributed by atoms with Gasteiger partial charge in [0, 0.05) is 0 Å². The van der Waals surface area contributed by atoms with Crippen molar-refractivity contribution >= 4 is 0 Å². The number of hydrogen-bond acceptors (Lipinski definition) is 1. The van der Waals surface area contributed by atoms with E-state index in [0.29, 0.717) is 13.0 Å². The monoisotopic (exact) mass is 193 g/mol. The van der Waals surface area contributed by atoms with Gasteiger partial charge < -0.3 is 5.32 Å². The Balaban J connectivity index is 3.82. The normalized spacial score (nSPS) is 15.0. The summed E-state index contributed by atoms with van der Waals surface area (Å²) < 4.78 is 24.8. The van der Waals surface area contributed by atoms with E-state index >= 15 is 0 Å². The molecule has 0 saturated heterocycles. The quantitative estimate of drug-likeness (QED) is 0.707. The summed E-state index contributed by atoms with van der Waals surface area (Å²) in [6.07, 6.45) is -0.869. The second kappa shape index (κ2) is 5.53. The lowest BCUT2D eigenvalue weighted by Crippen LogP contribution is -2.36. The minimum atomic E-state index is -2.25. The highest BCUT2D eigenvalue weighted by Gasteiger charge is 2.21. The zero-order valence-electron chi connectivity index (χ0n) is 9.03. The van der Waals surface area contributed by atoms with Crippen LogP contribution in [0.1, 0.15) is 40.5 Å². The summed E-state index contributed by atoms with van der Waals surface area (Å²) in [6.45, 7) is 8.68. The van der Waals surface area contributed by atoms with Crippen LogP contribution < -0.4 is 5.32 Å². The van der Waals surface area contributed by atoms with Gasteiger partial charge in [0.05, 0.1) is 6.04 Å². The molecule has 0 radical (unpaired) electrons. The Bertz CT molecular complexity index is 129. The molecular formula is C10H21F2N. The lowest BCUT2D eigenvalue weighted by atomic mass is 9.89. The molecule has 0 fully saturated rings. The Morgan fingerprint density at radius 2 is 1.77 bits per heavy atom. The van der Waals surface area contributed by atoms with E-state index in [1.807, 2.05) is 6.92 Å². The minimum absolute atomic E-state index is 0.141. The van der Waals surface area contributed by atoms with E-state index in [-0.39, 0.29) is 5.41 Å². The Labute approximate surface area is 79.9 Å². The molecule has 0 aromatic heterocycles. The first-order chi connectivity index (χ1) is 5.87. The summed E-state index contributed by atoms with van der Waals surface area (Å²) in [5, 5.41) is 2.80. The van der Waals surface area contributed by atoms with Crippen LogP contribution >= 0.6 is 0 Å². The Hall–Kier alpha value is -0.180. The van der Waals surface area contributed by atoms with Crippen LogP contribution in [-0.2, 0) is 0 Å². The van der Waals surface area contributed by atoms with Crippen molar-refractivity contribution in [2.75, 3.05) is 6.54 Å². The van der Waals surface area contributed by atoms with E-state index in [1.165, 1.54) is 0 Å². The van der Waals surface area contributed by atoms with Crippen molar-refractivity contribution in [2.24, 2.45) is 5.41 Å². The van der Waals surface area contributed by atoms with Crippen LogP contribution in [-0.4, -0.2) is 19.0 Å². The fraction of sp³-hybridized carbons (Fsp3) is 1.00. The van der Waals surface area contributed by atoms with Gasteiger partial charge in [0.15, 0.2) is 0 Å². The summed E-state index contributed by atoms with van der Waals surface area (Å²) in [6, 6.07) is -0.635. The molecule has 0 aromatic rings. The summed E-state index contributed by atoms with van der Waals surface area (Å²) in [7, 11) is 0. The maximum absolute atomic E-state index is 12.4. The van der Waals surface area contributed by atoms with Crippen molar-refractivity contribution in [1.82, 2.24) is 5.32 Å². The van der Waals surface area contributed by atoms with Gasteiger partial charge in [0.1, 0.15) is 0 Å². The zero-order chi connectivity index (χ0) is 10.5. The summed E-state index contributed by atoms with van der Waals surface area (Å²) in [4.78, 5) is 0. The van der Waals surface area contributed by atoms with Crippen LogP contribution in [0.4, 0.5) is 8.78 Å². The van der Waals surface area contributed by atoms with E-state index in [2.05, 4.69) is 26.1 Å². The van der Waals surface area contributed by atoms with Crippen molar-refractivity contribution in [3.63, 3.8) is 0 Å². The molecule has 1 nitrogen and oxygen atoms in total. The van der Waals surface area contributed by atoms with E-state index in [9.17, 15) is 8.78 Å². The van der Waals surface area contributed by atoms with Gasteiger partial charge in [-0.1, -0.05) is 27.7 Å². The van der Waals surface area contributed by atoms with Crippen molar-refractivity contribution in [3.05, 3.63) is 0 Å². The maximum Gasteiger partial charge on any atom is 0.253 e. The van der Waals surface area contributed by atoms with Gasteiger partial charge in [-0.3, -0.25) is 0 Å². The topological polar surface area (TPSA) is 12.0 Å². The first kappa shape index (κ1) is 12.8. The Morgan fingerprint density at radius 1 is 1.23 bits per heavy atom. The van der Waals surface area contributed by atoms with Gasteiger partial charge in [-0.05, 0) is 24.8 Å². The number of nitrogens with one attached hydrogen (secondary N) is 1. The molecule has 0 aromatic carbocycles. The molecule has 0 amide bonds. The Morgan fingerprint density at radius 3 is 2.08 bits per heavy atom. The van der Waals surface area contributed by atoms with Gasteiger partial charge in [0.2, 0.25) is 0 Å². The van der Waals surface area contributed by atoms with Gasteiger partial charge in [-0.15, -0.1) is 0 Å². The molecule has 1 atom stereocenters. The van der Waals surface area contributed by atoms with Crippen LogP contribution in [0.25, 0.3) is 0 Å². The van der Waals surface area contributed by atoms with E-state index in [1.54, 1.807) is 0 Å². The molecule has 0 spiro atoms. The summed E-state index contributed by atoms with van der Waals surface area (Å²) in [5.74, 6) is 0. The third kappa shape index (κ3) is 6.94. The zero-order valence-corrected chi connectivity index (χ0v) is 9.03. The predicted octanol–water partition coefficient (Wildman–Crippen LogP) is 3.06. The molecule has 1 unspecified atom stereocenters. The number of halogens is 2. The summed E-state index contributed by atoms with van der Waals surface area (Å²) >= 11 is 0. The largest absolute Gasteiger partial charge is 0.309 e. The second-order valence-electron chi connectivity index (χ2n) is 4.60. The van der Waals surface area contributed by atoms with Crippen molar-refractivity contribution in [2.45, 2.75) is 53.0 Å². The molecule has 13 heavy (non-hydrogen) atoms. The first-order valence-corrected chi connectivity index (χ1v) is 4.88. The van der Waals surface area contributed by atoms with Gasteiger partial charge in [-0.2, -0.15) is 0 Å². The standard InChI is InChI=1S/C10H21F2N/c1-5-13-8(9(11)12)6-7-10(2,3)4/h8-9,13H,5-7H2,1-4H3. The smallest absolute Gasteiger partial charge is 0.253 e. The lowest BCUT2D eigenvalue weighted by Gasteiger charge is -2.23. The lowest BCUT2D eigenvalue weighted by molar-refractivity contribution is 0.0888. The summed E-state index contributed by atoms with van der Waals surface area (Å²) in [5.41, 5.74) is 0.141. The van der Waals surface area contributed by atoms with Crippen molar-refractivity contribution in [3.8, 4) is 0 Å². The number of hydrogen-bond donors (Lipinski definition) is 1. The van der Waals surface area contributed by atoms with Crippen LogP contribution in [0.3, 0.4) is 0 Å². The average molecular weight is 193 g/mol. The molecule has 1 N–H and O–H groups in total. The van der Waals surface area contributed by atoms with Crippen LogP contribution in [0, 0.1) is 5.41 Å². The average Bonchev–Trinajstić information content (AvgIpc) is 1.95. The second-order valence-corrected chi connectivity index (χ2v) is 4.60. The van der Waals surface area contributed by atoms with E-state index in [0.717, 1.165) is 6.42 Å². The SMILES string of the molecule is CCNC(CCC(C)(C)C)C(F)F. The molecule has 0 aliphatic carbocycles. The number of alkyl halides is 2. The van der Waals surface area contributed by atoms with Crippen molar-refractivity contribution in [1.29, 1.82) is 0 Å². The number of rotatable bonds is 5. The third-order valence-electron chi connectivity index (χ3n) is 1.98. The predicted molar refractivity (Wildman–Crippen MR) is 52.2 cm³/mol.